The number of benzene rings is 1. The molecule has 0 amide bonds. The van der Waals surface area contributed by atoms with Gasteiger partial charge in [-0.3, -0.25) is 4.99 Å². The number of aliphatic hydroxyl groups excluding tert-OH is 1. The second-order valence-electron chi connectivity index (χ2n) is 7.09. The first kappa shape index (κ1) is 21.4. The van der Waals surface area contributed by atoms with Crippen molar-refractivity contribution in [2.24, 2.45) is 10.4 Å². The molecule has 7 heteroatoms. The molecule has 2 fully saturated rings. The monoisotopic (exact) mass is 477 g/mol. The minimum absolute atomic E-state index is 0. The number of ether oxygens (including phenoxy) is 1. The maximum Gasteiger partial charge on any atom is 0.191 e. The molecule has 3 rings (SSSR count). The first-order valence-electron chi connectivity index (χ1n) is 9.15. The van der Waals surface area contributed by atoms with Gasteiger partial charge in [0.05, 0.1) is 13.2 Å². The van der Waals surface area contributed by atoms with E-state index in [9.17, 15) is 9.50 Å². The quantitative estimate of drug-likeness (QED) is 0.321. The Balaban J connectivity index is 0.00000243. The highest BCUT2D eigenvalue weighted by molar-refractivity contribution is 14.0. The van der Waals surface area contributed by atoms with Crippen LogP contribution in [-0.4, -0.2) is 50.0 Å². The van der Waals surface area contributed by atoms with Gasteiger partial charge in [0.2, 0.25) is 0 Å². The zero-order valence-corrected chi connectivity index (χ0v) is 17.5. The highest BCUT2D eigenvalue weighted by Crippen LogP contribution is 2.41. The second-order valence-corrected chi connectivity index (χ2v) is 7.09. The standard InChI is InChI=1S/C19H28FN3O2.HI/c1-2-21-18(22-12-19(7-9-24)8-10-25-13-19)23-17-11-15(17)14-5-3-4-6-16(14)20;/h3-6,15,17,24H,2,7-13H2,1H3,(H2,21,22,23);1H. The molecule has 5 nitrogen and oxygen atoms in total. The van der Waals surface area contributed by atoms with Crippen molar-refractivity contribution >= 4 is 29.9 Å². The van der Waals surface area contributed by atoms with Gasteiger partial charge in [0.25, 0.3) is 0 Å². The highest BCUT2D eigenvalue weighted by Gasteiger charge is 2.41. The van der Waals surface area contributed by atoms with Crippen LogP contribution in [0.5, 0.6) is 0 Å². The molecule has 0 bridgehead atoms. The third-order valence-electron chi connectivity index (χ3n) is 5.16. The van der Waals surface area contributed by atoms with Gasteiger partial charge in [-0.25, -0.2) is 4.39 Å². The second kappa shape index (κ2) is 9.85. The normalized spacial score (nSPS) is 27.7. The van der Waals surface area contributed by atoms with E-state index in [1.165, 1.54) is 6.07 Å². The van der Waals surface area contributed by atoms with Crippen molar-refractivity contribution in [1.29, 1.82) is 0 Å². The lowest BCUT2D eigenvalue weighted by molar-refractivity contribution is 0.131. The van der Waals surface area contributed by atoms with Crippen molar-refractivity contribution in [3.8, 4) is 0 Å². The summed E-state index contributed by atoms with van der Waals surface area (Å²) in [7, 11) is 0. The molecule has 2 aliphatic rings. The smallest absolute Gasteiger partial charge is 0.191 e. The van der Waals surface area contributed by atoms with Crippen molar-refractivity contribution < 1.29 is 14.2 Å². The molecule has 1 aromatic rings. The summed E-state index contributed by atoms with van der Waals surface area (Å²) in [4.78, 5) is 4.73. The predicted molar refractivity (Wildman–Crippen MR) is 112 cm³/mol. The molecule has 1 aromatic carbocycles. The van der Waals surface area contributed by atoms with Crippen LogP contribution in [0.4, 0.5) is 4.39 Å². The van der Waals surface area contributed by atoms with Gasteiger partial charge in [0.1, 0.15) is 5.82 Å². The average Bonchev–Trinajstić information content (AvgIpc) is 3.20. The molecular weight excluding hydrogens is 448 g/mol. The number of hydrogen-bond acceptors (Lipinski definition) is 3. The highest BCUT2D eigenvalue weighted by atomic mass is 127. The van der Waals surface area contributed by atoms with Gasteiger partial charge >= 0.3 is 0 Å². The molecular formula is C19H29FIN3O2. The van der Waals surface area contributed by atoms with E-state index in [-0.39, 0.29) is 53.8 Å². The molecule has 1 saturated carbocycles. The van der Waals surface area contributed by atoms with E-state index in [0.29, 0.717) is 19.6 Å². The molecule has 3 atom stereocenters. The summed E-state index contributed by atoms with van der Waals surface area (Å²) in [5, 5.41) is 16.0. The van der Waals surface area contributed by atoms with Crippen LogP contribution in [0.2, 0.25) is 0 Å². The fourth-order valence-corrected chi connectivity index (χ4v) is 3.50. The Morgan fingerprint density at radius 3 is 2.88 bits per heavy atom. The van der Waals surface area contributed by atoms with Crippen LogP contribution < -0.4 is 10.6 Å². The van der Waals surface area contributed by atoms with E-state index >= 15 is 0 Å². The Hall–Kier alpha value is -0.930. The third kappa shape index (κ3) is 5.29. The van der Waals surface area contributed by atoms with Gasteiger partial charge < -0.3 is 20.5 Å². The zero-order chi connectivity index (χ0) is 17.7. The molecule has 1 heterocycles. The zero-order valence-electron chi connectivity index (χ0n) is 15.2. The Labute approximate surface area is 171 Å². The summed E-state index contributed by atoms with van der Waals surface area (Å²) in [6.07, 6.45) is 2.55. The van der Waals surface area contributed by atoms with Crippen molar-refractivity contribution in [2.45, 2.75) is 38.1 Å². The summed E-state index contributed by atoms with van der Waals surface area (Å²) in [6, 6.07) is 7.19. The summed E-state index contributed by atoms with van der Waals surface area (Å²) in [6.45, 7) is 4.96. The summed E-state index contributed by atoms with van der Waals surface area (Å²) in [5.41, 5.74) is 0.711. The summed E-state index contributed by atoms with van der Waals surface area (Å²) >= 11 is 0. The van der Waals surface area contributed by atoms with Crippen LogP contribution in [0.1, 0.15) is 37.7 Å². The number of aliphatic hydroxyl groups is 1. The van der Waals surface area contributed by atoms with E-state index in [0.717, 1.165) is 37.5 Å². The molecule has 1 saturated heterocycles. The molecule has 0 aromatic heterocycles. The van der Waals surface area contributed by atoms with Crippen molar-refractivity contribution in [3.05, 3.63) is 35.6 Å². The van der Waals surface area contributed by atoms with Crippen molar-refractivity contribution in [3.63, 3.8) is 0 Å². The molecule has 3 N–H and O–H groups in total. The fourth-order valence-electron chi connectivity index (χ4n) is 3.50. The van der Waals surface area contributed by atoms with Crippen LogP contribution in [0.25, 0.3) is 0 Å². The van der Waals surface area contributed by atoms with Crippen molar-refractivity contribution in [1.82, 2.24) is 10.6 Å². The van der Waals surface area contributed by atoms with Gasteiger partial charge in [-0.2, -0.15) is 0 Å². The largest absolute Gasteiger partial charge is 0.396 e. The Kier molecular flexibility index (Phi) is 8.09. The number of nitrogens with zero attached hydrogens (tertiary/aromatic N) is 1. The fraction of sp³-hybridized carbons (Fsp3) is 0.632. The SMILES string of the molecule is CCNC(=NCC1(CCO)CCOC1)NC1CC1c1ccccc1F.I. The molecule has 26 heavy (non-hydrogen) atoms. The van der Waals surface area contributed by atoms with Gasteiger partial charge in [-0.1, -0.05) is 18.2 Å². The summed E-state index contributed by atoms with van der Waals surface area (Å²) < 4.78 is 19.4. The number of aliphatic imine (C=N–C) groups is 1. The Bertz CT molecular complexity index is 608. The summed E-state index contributed by atoms with van der Waals surface area (Å²) in [5.74, 6) is 0.825. The van der Waals surface area contributed by atoms with Crippen LogP contribution in [0.3, 0.4) is 0 Å². The number of hydrogen-bond donors (Lipinski definition) is 3. The van der Waals surface area contributed by atoms with E-state index in [2.05, 4.69) is 10.6 Å². The molecule has 146 valence electrons. The van der Waals surface area contributed by atoms with Crippen LogP contribution >= 0.6 is 24.0 Å². The van der Waals surface area contributed by atoms with Crippen LogP contribution in [0, 0.1) is 11.2 Å². The van der Waals surface area contributed by atoms with Crippen molar-refractivity contribution in [2.75, 3.05) is 32.9 Å². The maximum atomic E-state index is 13.9. The lowest BCUT2D eigenvalue weighted by atomic mass is 9.84. The number of rotatable bonds is 7. The number of guanidine groups is 1. The lowest BCUT2D eigenvalue weighted by Gasteiger charge is -2.25. The first-order chi connectivity index (χ1) is 12.2. The van der Waals surface area contributed by atoms with Gasteiger partial charge in [0.15, 0.2) is 5.96 Å². The minimum atomic E-state index is -0.135. The number of nitrogens with one attached hydrogen (secondary N) is 2. The lowest BCUT2D eigenvalue weighted by Crippen LogP contribution is -2.40. The van der Waals surface area contributed by atoms with Gasteiger partial charge in [-0.15, -0.1) is 24.0 Å². The van der Waals surface area contributed by atoms with Gasteiger partial charge in [-0.05, 0) is 37.8 Å². The van der Waals surface area contributed by atoms with E-state index in [1.54, 1.807) is 6.07 Å². The number of halogens is 2. The third-order valence-corrected chi connectivity index (χ3v) is 5.16. The maximum absolute atomic E-state index is 13.9. The topological polar surface area (TPSA) is 65.9 Å². The Morgan fingerprint density at radius 2 is 2.23 bits per heavy atom. The van der Waals surface area contributed by atoms with E-state index < -0.39 is 0 Å². The van der Waals surface area contributed by atoms with E-state index in [1.807, 2.05) is 19.1 Å². The minimum Gasteiger partial charge on any atom is -0.396 e. The molecule has 0 radical (unpaired) electrons. The van der Waals surface area contributed by atoms with E-state index in [4.69, 9.17) is 9.73 Å². The first-order valence-corrected chi connectivity index (χ1v) is 9.15. The molecule has 3 unspecified atom stereocenters. The molecule has 1 aliphatic heterocycles. The molecule has 1 aliphatic carbocycles. The Morgan fingerprint density at radius 1 is 1.42 bits per heavy atom. The van der Waals surface area contributed by atoms with Gasteiger partial charge in [0, 0.05) is 37.1 Å². The molecule has 0 spiro atoms. The predicted octanol–water partition coefficient (Wildman–Crippen LogP) is 2.64. The average molecular weight is 477 g/mol. The van der Waals surface area contributed by atoms with Crippen LogP contribution in [0.15, 0.2) is 29.3 Å². The van der Waals surface area contributed by atoms with Crippen LogP contribution in [-0.2, 0) is 4.74 Å².